The molecule has 1 fully saturated rings. The highest BCUT2D eigenvalue weighted by Gasteiger charge is 2.43. The zero-order valence-electron chi connectivity index (χ0n) is 10.3. The summed E-state index contributed by atoms with van der Waals surface area (Å²) in [6.07, 6.45) is 3.41. The Balaban J connectivity index is 2.81. The van der Waals surface area contributed by atoms with E-state index in [0.717, 1.165) is 31.3 Å². The van der Waals surface area contributed by atoms with Crippen molar-refractivity contribution < 1.29 is 4.79 Å². The number of hydrogen-bond donors (Lipinski definition) is 0. The zero-order valence-corrected chi connectivity index (χ0v) is 10.3. The minimum atomic E-state index is -0.745. The normalized spacial score (nSPS) is 17.8. The molecule has 1 aliphatic rings. The molecule has 1 amide bonds. The van der Waals surface area contributed by atoms with Gasteiger partial charge in [0.15, 0.2) is 0 Å². The predicted molar refractivity (Wildman–Crippen MR) is 63.6 cm³/mol. The molecular formula is C13H20N2O. The monoisotopic (exact) mass is 220 g/mol. The third-order valence-corrected chi connectivity index (χ3v) is 3.21. The lowest BCUT2D eigenvalue weighted by molar-refractivity contribution is -0.138. The van der Waals surface area contributed by atoms with E-state index in [4.69, 9.17) is 0 Å². The SMILES string of the molecule is C=C(C)CN(CC)C(=O)C1(C#N)CCCC1. The van der Waals surface area contributed by atoms with Crippen molar-refractivity contribution in [1.82, 2.24) is 4.90 Å². The van der Waals surface area contributed by atoms with Gasteiger partial charge in [-0.3, -0.25) is 4.79 Å². The summed E-state index contributed by atoms with van der Waals surface area (Å²) in [5, 5.41) is 9.25. The van der Waals surface area contributed by atoms with E-state index in [0.29, 0.717) is 13.1 Å². The molecular weight excluding hydrogens is 200 g/mol. The molecule has 0 heterocycles. The molecule has 0 unspecified atom stereocenters. The van der Waals surface area contributed by atoms with Crippen LogP contribution < -0.4 is 0 Å². The van der Waals surface area contributed by atoms with E-state index in [-0.39, 0.29) is 5.91 Å². The number of nitrogens with zero attached hydrogens (tertiary/aromatic N) is 2. The first-order chi connectivity index (χ1) is 7.55. The molecule has 0 saturated heterocycles. The average molecular weight is 220 g/mol. The Bertz CT molecular complexity index is 321. The summed E-state index contributed by atoms with van der Waals surface area (Å²) in [6.45, 7) is 8.89. The molecule has 1 saturated carbocycles. The fourth-order valence-corrected chi connectivity index (χ4v) is 2.31. The third-order valence-electron chi connectivity index (χ3n) is 3.21. The van der Waals surface area contributed by atoms with Crippen molar-refractivity contribution in [3.8, 4) is 6.07 Å². The van der Waals surface area contributed by atoms with Gasteiger partial charge in [0, 0.05) is 13.1 Å². The summed E-state index contributed by atoms with van der Waals surface area (Å²) in [5.41, 5.74) is 0.215. The molecule has 88 valence electrons. The van der Waals surface area contributed by atoms with Gasteiger partial charge < -0.3 is 4.90 Å². The third kappa shape index (κ3) is 2.44. The lowest BCUT2D eigenvalue weighted by Crippen LogP contribution is -2.42. The Hall–Kier alpha value is -1.30. The number of nitriles is 1. The predicted octanol–water partition coefficient (Wildman–Crippen LogP) is 2.49. The van der Waals surface area contributed by atoms with Gasteiger partial charge in [-0.25, -0.2) is 0 Å². The number of carbonyl (C=O) groups is 1. The summed E-state index contributed by atoms with van der Waals surface area (Å²) in [6, 6.07) is 2.24. The van der Waals surface area contributed by atoms with Gasteiger partial charge in [0.25, 0.3) is 0 Å². The van der Waals surface area contributed by atoms with Crippen molar-refractivity contribution >= 4 is 5.91 Å². The number of carbonyl (C=O) groups excluding carboxylic acids is 1. The smallest absolute Gasteiger partial charge is 0.243 e. The standard InChI is InChI=1S/C13H20N2O/c1-4-15(9-11(2)3)12(16)13(10-14)7-5-6-8-13/h2,4-9H2,1,3H3. The van der Waals surface area contributed by atoms with Crippen LogP contribution in [0.5, 0.6) is 0 Å². The molecule has 0 aromatic rings. The molecule has 0 aromatic heterocycles. The molecule has 0 bridgehead atoms. The second kappa shape index (κ2) is 5.16. The van der Waals surface area contributed by atoms with E-state index in [1.54, 1.807) is 4.90 Å². The number of hydrogen-bond acceptors (Lipinski definition) is 2. The minimum Gasteiger partial charge on any atom is -0.338 e. The summed E-state index contributed by atoms with van der Waals surface area (Å²) in [4.78, 5) is 14.1. The van der Waals surface area contributed by atoms with Crippen molar-refractivity contribution in [2.75, 3.05) is 13.1 Å². The highest BCUT2D eigenvalue weighted by molar-refractivity contribution is 5.86. The molecule has 0 atom stereocenters. The lowest BCUT2D eigenvalue weighted by atomic mass is 9.86. The maximum Gasteiger partial charge on any atom is 0.243 e. The molecule has 0 aromatic carbocycles. The Labute approximate surface area is 97.7 Å². The van der Waals surface area contributed by atoms with Crippen molar-refractivity contribution in [3.63, 3.8) is 0 Å². The summed E-state index contributed by atoms with van der Waals surface area (Å²) < 4.78 is 0. The molecule has 3 nitrogen and oxygen atoms in total. The van der Waals surface area contributed by atoms with Crippen molar-refractivity contribution in [2.24, 2.45) is 5.41 Å². The molecule has 0 N–H and O–H groups in total. The van der Waals surface area contributed by atoms with Crippen molar-refractivity contribution in [1.29, 1.82) is 5.26 Å². The Morgan fingerprint density at radius 2 is 2.06 bits per heavy atom. The van der Waals surface area contributed by atoms with Crippen LogP contribution in [0.25, 0.3) is 0 Å². The molecule has 0 aliphatic heterocycles. The Morgan fingerprint density at radius 1 is 1.50 bits per heavy atom. The van der Waals surface area contributed by atoms with Crippen LogP contribution in [0.15, 0.2) is 12.2 Å². The second-order valence-electron chi connectivity index (χ2n) is 4.68. The van der Waals surface area contributed by atoms with Gasteiger partial charge in [0.1, 0.15) is 5.41 Å². The average Bonchev–Trinajstić information content (AvgIpc) is 2.74. The van der Waals surface area contributed by atoms with Crippen LogP contribution >= 0.6 is 0 Å². The molecule has 1 rings (SSSR count). The van der Waals surface area contributed by atoms with Gasteiger partial charge in [-0.15, -0.1) is 0 Å². The lowest BCUT2D eigenvalue weighted by Gasteiger charge is -2.29. The van der Waals surface area contributed by atoms with E-state index in [2.05, 4.69) is 12.6 Å². The number of likely N-dealkylation sites (N-methyl/N-ethyl adjacent to an activating group) is 1. The van der Waals surface area contributed by atoms with Crippen LogP contribution in [-0.4, -0.2) is 23.9 Å². The fourth-order valence-electron chi connectivity index (χ4n) is 2.31. The van der Waals surface area contributed by atoms with Crippen LogP contribution in [0.4, 0.5) is 0 Å². The maximum absolute atomic E-state index is 12.3. The summed E-state index contributed by atoms with van der Waals surface area (Å²) in [5.74, 6) is -0.00185. The largest absolute Gasteiger partial charge is 0.338 e. The Kier molecular flexibility index (Phi) is 4.12. The van der Waals surface area contributed by atoms with E-state index >= 15 is 0 Å². The van der Waals surface area contributed by atoms with E-state index < -0.39 is 5.41 Å². The highest BCUT2D eigenvalue weighted by Crippen LogP contribution is 2.39. The van der Waals surface area contributed by atoms with Crippen LogP contribution in [0.2, 0.25) is 0 Å². The van der Waals surface area contributed by atoms with Crippen LogP contribution in [0.3, 0.4) is 0 Å². The van der Waals surface area contributed by atoms with Crippen LogP contribution in [0, 0.1) is 16.7 Å². The van der Waals surface area contributed by atoms with Gasteiger partial charge >= 0.3 is 0 Å². The summed E-state index contributed by atoms with van der Waals surface area (Å²) in [7, 11) is 0. The van der Waals surface area contributed by atoms with E-state index in [9.17, 15) is 10.1 Å². The molecule has 16 heavy (non-hydrogen) atoms. The molecule has 3 heteroatoms. The molecule has 1 aliphatic carbocycles. The highest BCUT2D eigenvalue weighted by atomic mass is 16.2. The number of rotatable bonds is 4. The zero-order chi connectivity index (χ0) is 12.2. The maximum atomic E-state index is 12.3. The van der Waals surface area contributed by atoms with Crippen molar-refractivity contribution in [2.45, 2.75) is 39.5 Å². The topological polar surface area (TPSA) is 44.1 Å². The first-order valence-electron chi connectivity index (χ1n) is 5.91. The van der Waals surface area contributed by atoms with Gasteiger partial charge in [-0.2, -0.15) is 5.26 Å². The molecule has 0 spiro atoms. The first kappa shape index (κ1) is 12.8. The van der Waals surface area contributed by atoms with E-state index in [1.165, 1.54) is 0 Å². The minimum absolute atomic E-state index is 0.00185. The second-order valence-corrected chi connectivity index (χ2v) is 4.68. The quantitative estimate of drug-likeness (QED) is 0.683. The van der Waals surface area contributed by atoms with Gasteiger partial charge in [0.05, 0.1) is 6.07 Å². The Morgan fingerprint density at radius 3 is 2.44 bits per heavy atom. The van der Waals surface area contributed by atoms with Crippen LogP contribution in [-0.2, 0) is 4.79 Å². The van der Waals surface area contributed by atoms with Gasteiger partial charge in [-0.1, -0.05) is 25.0 Å². The summed E-state index contributed by atoms with van der Waals surface area (Å²) >= 11 is 0. The fraction of sp³-hybridized carbons (Fsp3) is 0.692. The first-order valence-corrected chi connectivity index (χ1v) is 5.91. The van der Waals surface area contributed by atoms with Crippen LogP contribution in [0.1, 0.15) is 39.5 Å². The number of amides is 1. The van der Waals surface area contributed by atoms with E-state index in [1.807, 2.05) is 13.8 Å². The van der Waals surface area contributed by atoms with Crippen molar-refractivity contribution in [3.05, 3.63) is 12.2 Å². The van der Waals surface area contributed by atoms with Gasteiger partial charge in [0.2, 0.25) is 5.91 Å². The van der Waals surface area contributed by atoms with Gasteiger partial charge in [-0.05, 0) is 26.7 Å². The molecule has 0 radical (unpaired) electrons.